The van der Waals surface area contributed by atoms with Gasteiger partial charge in [-0.2, -0.15) is 0 Å². The van der Waals surface area contributed by atoms with E-state index in [-0.39, 0.29) is 6.42 Å². The van der Waals surface area contributed by atoms with E-state index in [9.17, 15) is 9.59 Å². The van der Waals surface area contributed by atoms with E-state index < -0.39 is 11.9 Å². The van der Waals surface area contributed by atoms with Crippen LogP contribution in [0.25, 0.3) is 0 Å². The fraction of sp³-hybridized carbons (Fsp3) is 0.867. The molecule has 6 heteroatoms. The van der Waals surface area contributed by atoms with E-state index in [0.29, 0.717) is 13.2 Å². The van der Waals surface area contributed by atoms with E-state index in [2.05, 4.69) is 42.3 Å². The summed E-state index contributed by atoms with van der Waals surface area (Å²) in [5.41, 5.74) is 0. The second kappa shape index (κ2) is 9.00. The van der Waals surface area contributed by atoms with Gasteiger partial charge >= 0.3 is 11.9 Å². The molecule has 0 bridgehead atoms. The van der Waals surface area contributed by atoms with Crippen LogP contribution in [0.1, 0.15) is 19.3 Å². The van der Waals surface area contributed by atoms with Crippen molar-refractivity contribution in [2.45, 2.75) is 19.3 Å². The van der Waals surface area contributed by atoms with E-state index in [4.69, 9.17) is 9.47 Å². The van der Waals surface area contributed by atoms with Crippen molar-refractivity contribution in [3.05, 3.63) is 0 Å². The molecule has 0 aliphatic heterocycles. The maximum atomic E-state index is 11.4. The van der Waals surface area contributed by atoms with Crippen molar-refractivity contribution in [1.82, 2.24) is 0 Å². The molecule has 0 saturated carbocycles. The summed E-state index contributed by atoms with van der Waals surface area (Å²) >= 11 is 0. The molecule has 0 N–H and O–H groups in total. The lowest BCUT2D eigenvalue weighted by Gasteiger charge is -2.23. The van der Waals surface area contributed by atoms with Crippen LogP contribution in [0.15, 0.2) is 0 Å². The van der Waals surface area contributed by atoms with Gasteiger partial charge in [-0.3, -0.25) is 9.59 Å². The van der Waals surface area contributed by atoms with Crippen molar-refractivity contribution in [1.29, 1.82) is 0 Å². The van der Waals surface area contributed by atoms with Gasteiger partial charge in [-0.1, -0.05) is 0 Å². The Balaban J connectivity index is 3.64. The smallest absolute Gasteiger partial charge is 0.317 e. The molecule has 124 valence electrons. The molecule has 6 nitrogen and oxygen atoms in total. The van der Waals surface area contributed by atoms with Gasteiger partial charge in [0.15, 0.2) is 0 Å². The molecule has 0 amide bonds. The Morgan fingerprint density at radius 3 is 1.33 bits per heavy atom. The molecule has 0 atom stereocenters. The topological polar surface area (TPSA) is 52.6 Å². The fourth-order valence-electron chi connectivity index (χ4n) is 1.67. The quantitative estimate of drug-likeness (QED) is 0.257. The molecule has 0 aromatic rings. The highest BCUT2D eigenvalue weighted by Crippen LogP contribution is 1.98. The second-order valence-corrected chi connectivity index (χ2v) is 7.35. The van der Waals surface area contributed by atoms with Gasteiger partial charge in [-0.25, -0.2) is 0 Å². The minimum atomic E-state index is -0.506. The molecule has 0 aromatic heterocycles. The predicted octanol–water partition coefficient (Wildman–Crippen LogP) is 0.656. The van der Waals surface area contributed by atoms with Crippen LogP contribution in [-0.2, 0) is 19.1 Å². The molecule has 0 spiro atoms. The molecular formula is C15H32N2O4+2. The van der Waals surface area contributed by atoms with Crippen LogP contribution >= 0.6 is 0 Å². The van der Waals surface area contributed by atoms with E-state index >= 15 is 0 Å². The molecule has 0 heterocycles. The Morgan fingerprint density at radius 1 is 0.714 bits per heavy atom. The highest BCUT2D eigenvalue weighted by atomic mass is 16.6. The molecule has 0 fully saturated rings. The van der Waals surface area contributed by atoms with Crippen LogP contribution in [0.2, 0.25) is 0 Å². The number of esters is 2. The number of carbonyl (C=O) groups is 2. The second-order valence-electron chi connectivity index (χ2n) is 7.35. The lowest BCUT2D eigenvalue weighted by molar-refractivity contribution is -0.870. The van der Waals surface area contributed by atoms with Crippen LogP contribution in [0.3, 0.4) is 0 Å². The molecule has 0 saturated heterocycles. The summed E-state index contributed by atoms with van der Waals surface area (Å²) in [5.74, 6) is -1.01. The first-order valence-corrected chi connectivity index (χ1v) is 7.42. The number of rotatable bonds is 10. The number of carbonyl (C=O) groups excluding carboxylic acids is 2. The summed E-state index contributed by atoms with van der Waals surface area (Å²) in [4.78, 5) is 22.9. The van der Waals surface area contributed by atoms with E-state index in [1.807, 2.05) is 0 Å². The van der Waals surface area contributed by atoms with Gasteiger partial charge < -0.3 is 18.4 Å². The maximum absolute atomic E-state index is 11.4. The van der Waals surface area contributed by atoms with Gasteiger partial charge in [0.25, 0.3) is 0 Å². The fourth-order valence-corrected chi connectivity index (χ4v) is 1.67. The van der Waals surface area contributed by atoms with Gasteiger partial charge in [0.1, 0.15) is 6.42 Å². The lowest BCUT2D eigenvalue weighted by atomic mass is 10.4. The molecule has 0 radical (unpaired) electrons. The Hall–Kier alpha value is -1.14. The van der Waals surface area contributed by atoms with Crippen LogP contribution in [-0.4, -0.2) is 89.5 Å². The Labute approximate surface area is 128 Å². The molecule has 0 aromatic carbocycles. The highest BCUT2D eigenvalue weighted by Gasteiger charge is 2.14. The monoisotopic (exact) mass is 304 g/mol. The molecule has 0 rings (SSSR count). The highest BCUT2D eigenvalue weighted by molar-refractivity contribution is 5.91. The minimum absolute atomic E-state index is 0.297. The number of nitrogens with zero attached hydrogens (tertiary/aromatic N) is 2. The summed E-state index contributed by atoms with van der Waals surface area (Å²) in [6.07, 6.45) is 1.27. The van der Waals surface area contributed by atoms with Crippen molar-refractivity contribution < 1.29 is 28.0 Å². The number of quaternary nitrogens is 2. The molecule has 0 aliphatic rings. The summed E-state index contributed by atoms with van der Waals surface area (Å²) in [6, 6.07) is 0. The molecule has 21 heavy (non-hydrogen) atoms. The third kappa shape index (κ3) is 15.1. The summed E-state index contributed by atoms with van der Waals surface area (Å²) in [5, 5.41) is 0. The van der Waals surface area contributed by atoms with Crippen molar-refractivity contribution in [3.8, 4) is 0 Å². The van der Waals surface area contributed by atoms with E-state index in [0.717, 1.165) is 34.9 Å². The SMILES string of the molecule is C[N+](C)(C)CCCOC(=O)CC(=O)OCCC[N+](C)(C)C. The average Bonchev–Trinajstić information content (AvgIpc) is 2.28. The van der Waals surface area contributed by atoms with Crippen molar-refractivity contribution in [2.24, 2.45) is 0 Å². The third-order valence-corrected chi connectivity index (χ3v) is 2.76. The van der Waals surface area contributed by atoms with Crippen LogP contribution < -0.4 is 0 Å². The van der Waals surface area contributed by atoms with Crippen molar-refractivity contribution >= 4 is 11.9 Å². The van der Waals surface area contributed by atoms with E-state index in [1.54, 1.807) is 0 Å². The zero-order valence-electron chi connectivity index (χ0n) is 14.5. The van der Waals surface area contributed by atoms with Gasteiger partial charge in [-0.15, -0.1) is 0 Å². The first-order chi connectivity index (χ1) is 9.49. The third-order valence-electron chi connectivity index (χ3n) is 2.76. The van der Waals surface area contributed by atoms with Gasteiger partial charge in [0, 0.05) is 12.8 Å². The predicted molar refractivity (Wildman–Crippen MR) is 81.6 cm³/mol. The first kappa shape index (κ1) is 19.9. The summed E-state index contributed by atoms with van der Waals surface area (Å²) in [6.45, 7) is 2.54. The largest absolute Gasteiger partial charge is 0.465 e. The van der Waals surface area contributed by atoms with Crippen LogP contribution in [0, 0.1) is 0 Å². The Kier molecular flexibility index (Phi) is 8.51. The lowest BCUT2D eigenvalue weighted by Crippen LogP contribution is -2.36. The number of hydrogen-bond donors (Lipinski definition) is 0. The molecular weight excluding hydrogens is 272 g/mol. The van der Waals surface area contributed by atoms with Gasteiger partial charge in [0.05, 0.1) is 68.6 Å². The van der Waals surface area contributed by atoms with Gasteiger partial charge in [0.2, 0.25) is 0 Å². The van der Waals surface area contributed by atoms with Crippen LogP contribution in [0.5, 0.6) is 0 Å². The summed E-state index contributed by atoms with van der Waals surface area (Å²) < 4.78 is 11.7. The molecule has 0 unspecified atom stereocenters. The zero-order chi connectivity index (χ0) is 16.5. The Morgan fingerprint density at radius 2 is 1.05 bits per heavy atom. The van der Waals surface area contributed by atoms with E-state index in [1.165, 1.54) is 0 Å². The van der Waals surface area contributed by atoms with Crippen molar-refractivity contribution in [2.75, 3.05) is 68.6 Å². The average molecular weight is 304 g/mol. The van der Waals surface area contributed by atoms with Crippen LogP contribution in [0.4, 0.5) is 0 Å². The summed E-state index contributed by atoms with van der Waals surface area (Å²) in [7, 11) is 12.5. The van der Waals surface area contributed by atoms with Crippen molar-refractivity contribution in [3.63, 3.8) is 0 Å². The number of ether oxygens (including phenoxy) is 2. The normalized spacial score (nSPS) is 12.1. The Bertz CT molecular complexity index is 298. The minimum Gasteiger partial charge on any atom is -0.465 e. The standard InChI is InChI=1S/C15H32N2O4/c1-16(2,3)9-7-11-20-14(18)13-15(19)21-12-8-10-17(4,5)6/h7-13H2,1-6H3/q+2. The molecule has 0 aliphatic carbocycles. The first-order valence-electron chi connectivity index (χ1n) is 7.42. The number of hydrogen-bond acceptors (Lipinski definition) is 4. The maximum Gasteiger partial charge on any atom is 0.317 e. The zero-order valence-corrected chi connectivity index (χ0v) is 14.5. The van der Waals surface area contributed by atoms with Gasteiger partial charge in [-0.05, 0) is 0 Å².